The third-order valence-electron chi connectivity index (χ3n) is 0.202. The van der Waals surface area contributed by atoms with Gasteiger partial charge in [0.05, 0.1) is 21.2 Å². The highest BCUT2D eigenvalue weighted by Crippen LogP contribution is 1.97. The molecule has 0 rings (SSSR count). The Morgan fingerprint density at radius 1 is 1.50 bits per heavy atom. The zero-order valence-electron chi connectivity index (χ0n) is 3.39. The molecule has 1 amide bonds. The number of carbonyl (C=O) groups is 1. The van der Waals surface area contributed by atoms with Crippen LogP contribution in [-0.4, -0.2) is 12.3 Å². The molecule has 0 unspecified atom stereocenters. The molecule has 0 fully saturated rings. The summed E-state index contributed by atoms with van der Waals surface area (Å²) >= 11 is 2.46. The monoisotopic (exact) mass is 361 g/mol. The van der Waals surface area contributed by atoms with Gasteiger partial charge < -0.3 is 0 Å². The van der Waals surface area contributed by atoms with Crippen molar-refractivity contribution in [2.24, 2.45) is 0 Å². The molecule has 8 heavy (non-hydrogen) atoms. The maximum atomic E-state index is 10.1. The minimum absolute atomic E-state index is 0.600. The summed E-state index contributed by atoms with van der Waals surface area (Å²) in [5, 5.41) is 0. The van der Waals surface area contributed by atoms with E-state index in [4.69, 9.17) is 0 Å². The van der Waals surface area contributed by atoms with E-state index in [0.717, 1.165) is 21.2 Å². The predicted molar refractivity (Wildman–Crippen MR) is 45.5 cm³/mol. The topological polar surface area (TPSA) is 63.2 Å². The molecule has 0 aromatic heterocycles. The summed E-state index contributed by atoms with van der Waals surface area (Å²) in [6.45, 7) is 0. The summed E-state index contributed by atoms with van der Waals surface area (Å²) < 4.78 is 21.3. The van der Waals surface area contributed by atoms with Gasteiger partial charge in [-0.15, -0.1) is 0 Å². The number of carbonyl (C=O) groups excluding carboxylic acids is 1. The average Bonchev–Trinajstić information content (AvgIpc) is 1.21. The van der Waals surface area contributed by atoms with Crippen molar-refractivity contribution in [1.29, 1.82) is 0 Å². The number of rotatable bonds is 1. The van der Waals surface area contributed by atoms with Crippen molar-refractivity contribution in [3.8, 4) is 0 Å². The lowest BCUT2D eigenvalue weighted by atomic mass is 11.5. The SMILES string of the molecule is O=C(I)NS(=O)(=O)I. The Hall–Kier alpha value is 0.880. The Morgan fingerprint density at radius 3 is 1.88 bits per heavy atom. The molecule has 0 aliphatic heterocycles. The molecule has 0 atom stereocenters. The minimum Gasteiger partial charge on any atom is -0.262 e. The molecule has 0 saturated carbocycles. The molecule has 0 aliphatic rings. The first-order valence-corrected chi connectivity index (χ1v) is 6.44. The zero-order valence-corrected chi connectivity index (χ0v) is 8.52. The van der Waals surface area contributed by atoms with Crippen molar-refractivity contribution in [1.82, 2.24) is 4.72 Å². The van der Waals surface area contributed by atoms with Crippen LogP contribution in [0.2, 0.25) is 0 Å². The number of hydrogen-bond acceptors (Lipinski definition) is 3. The van der Waals surface area contributed by atoms with E-state index in [1.54, 1.807) is 4.72 Å². The second kappa shape index (κ2) is 3.15. The number of halogens is 2. The van der Waals surface area contributed by atoms with E-state index in [9.17, 15) is 13.2 Å². The molecule has 0 bridgehead atoms. The molecule has 7 heteroatoms. The van der Waals surface area contributed by atoms with Gasteiger partial charge in [0.2, 0.25) is 0 Å². The summed E-state index contributed by atoms with van der Waals surface area (Å²) in [6, 6.07) is 0. The van der Waals surface area contributed by atoms with Crippen LogP contribution in [0, 0.1) is 0 Å². The van der Waals surface area contributed by atoms with Gasteiger partial charge in [0.15, 0.2) is 0 Å². The fraction of sp³-hybridized carbons (Fsp3) is 0. The smallest absolute Gasteiger partial charge is 0.262 e. The van der Waals surface area contributed by atoms with Gasteiger partial charge in [-0.2, -0.15) is 8.42 Å². The fourth-order valence-corrected chi connectivity index (χ4v) is 3.02. The van der Waals surface area contributed by atoms with Crippen molar-refractivity contribution in [3.05, 3.63) is 0 Å². The maximum absolute atomic E-state index is 10.1. The Labute approximate surface area is 72.2 Å². The lowest BCUT2D eigenvalue weighted by Crippen LogP contribution is -2.18. The highest BCUT2D eigenvalue weighted by Gasteiger charge is 2.03. The molecule has 0 heterocycles. The van der Waals surface area contributed by atoms with E-state index in [2.05, 4.69) is 0 Å². The van der Waals surface area contributed by atoms with Crippen LogP contribution >= 0.6 is 43.8 Å². The van der Waals surface area contributed by atoms with Crippen LogP contribution in [0.25, 0.3) is 0 Å². The number of nitrogens with one attached hydrogen (secondary N) is 1. The quantitative estimate of drug-likeness (QED) is 0.427. The Bertz CT molecular complexity index is 183. The van der Waals surface area contributed by atoms with Crippen LogP contribution in [0.4, 0.5) is 4.79 Å². The van der Waals surface area contributed by atoms with Crippen LogP contribution in [0.15, 0.2) is 0 Å². The van der Waals surface area contributed by atoms with Crippen LogP contribution in [0.1, 0.15) is 0 Å². The van der Waals surface area contributed by atoms with Crippen LogP contribution in [0.3, 0.4) is 0 Å². The van der Waals surface area contributed by atoms with Gasteiger partial charge in [0, 0.05) is 22.6 Å². The van der Waals surface area contributed by atoms with Gasteiger partial charge in [-0.25, -0.2) is 4.72 Å². The van der Waals surface area contributed by atoms with Gasteiger partial charge in [-0.3, -0.25) is 4.79 Å². The first-order valence-electron chi connectivity index (χ1n) is 1.33. The summed E-state index contributed by atoms with van der Waals surface area (Å²) in [4.78, 5) is 9.95. The maximum Gasteiger partial charge on any atom is 0.294 e. The summed E-state index contributed by atoms with van der Waals surface area (Å²) in [5.74, 6) is 0. The summed E-state index contributed by atoms with van der Waals surface area (Å²) in [6.07, 6.45) is 0. The highest BCUT2D eigenvalue weighted by molar-refractivity contribution is 14.2. The lowest BCUT2D eigenvalue weighted by Gasteiger charge is -1.89. The van der Waals surface area contributed by atoms with E-state index in [1.165, 1.54) is 22.6 Å². The second-order valence-corrected chi connectivity index (χ2v) is 6.35. The van der Waals surface area contributed by atoms with Gasteiger partial charge in [-0.1, -0.05) is 0 Å². The third kappa shape index (κ3) is 6.88. The molecule has 4 nitrogen and oxygen atoms in total. The number of amides is 1. The van der Waals surface area contributed by atoms with Crippen LogP contribution in [-0.2, 0) is 7.19 Å². The molecule has 0 aromatic rings. The minimum atomic E-state index is -3.36. The van der Waals surface area contributed by atoms with Crippen molar-refractivity contribution < 1.29 is 13.2 Å². The molecular formula is CHI2NO3S. The molecule has 0 saturated heterocycles. The first kappa shape index (κ1) is 8.88. The summed E-state index contributed by atoms with van der Waals surface area (Å²) in [7, 11) is -3.36. The fourth-order valence-electron chi connectivity index (χ4n) is 0.0958. The second-order valence-electron chi connectivity index (χ2n) is 0.814. The molecule has 0 radical (unpaired) electrons. The molecule has 0 spiro atoms. The average molecular weight is 361 g/mol. The van der Waals surface area contributed by atoms with E-state index < -0.39 is 11.1 Å². The van der Waals surface area contributed by atoms with Crippen LogP contribution < -0.4 is 4.72 Å². The molecule has 48 valence electrons. The Morgan fingerprint density at radius 2 is 1.88 bits per heavy atom. The Balaban J connectivity index is 3.95. The molecule has 0 aromatic carbocycles. The van der Waals surface area contributed by atoms with Gasteiger partial charge in [0.1, 0.15) is 0 Å². The first-order chi connectivity index (χ1) is 3.42. The van der Waals surface area contributed by atoms with E-state index in [0.29, 0.717) is 0 Å². The van der Waals surface area contributed by atoms with Crippen molar-refractivity contribution in [2.75, 3.05) is 0 Å². The largest absolute Gasteiger partial charge is 0.294 e. The standard InChI is InChI=1S/CHI2NO3S/c2-1(5)4-8(3,6)7/h(H,4,5). The van der Waals surface area contributed by atoms with Crippen molar-refractivity contribution >= 4 is 54.9 Å². The zero-order chi connectivity index (χ0) is 6.78. The van der Waals surface area contributed by atoms with Crippen molar-refractivity contribution in [2.45, 2.75) is 0 Å². The normalized spacial score (nSPS) is 10.8. The van der Waals surface area contributed by atoms with Crippen molar-refractivity contribution in [3.63, 3.8) is 0 Å². The predicted octanol–water partition coefficient (Wildman–Crippen LogP) is 0.811. The summed E-state index contributed by atoms with van der Waals surface area (Å²) in [5.41, 5.74) is 0. The van der Waals surface area contributed by atoms with E-state index in [1.807, 2.05) is 0 Å². The van der Waals surface area contributed by atoms with E-state index >= 15 is 0 Å². The van der Waals surface area contributed by atoms with Crippen LogP contribution in [0.5, 0.6) is 0 Å². The third-order valence-corrected chi connectivity index (χ3v) is 1.93. The molecule has 0 aliphatic carbocycles. The van der Waals surface area contributed by atoms with Gasteiger partial charge in [0.25, 0.3) is 11.1 Å². The molecular weight excluding hydrogens is 360 g/mol. The van der Waals surface area contributed by atoms with E-state index in [-0.39, 0.29) is 0 Å². The Kier molecular flexibility index (Phi) is 3.50. The van der Waals surface area contributed by atoms with Gasteiger partial charge >= 0.3 is 0 Å². The lowest BCUT2D eigenvalue weighted by molar-refractivity contribution is 0.267. The highest BCUT2D eigenvalue weighted by atomic mass is 127. The molecule has 1 N–H and O–H groups in total. The van der Waals surface area contributed by atoms with Gasteiger partial charge in [-0.05, 0) is 0 Å². The number of hydrogen-bond donors (Lipinski definition) is 1.